The number of carbonyl (C=O) groups is 3. The maximum Gasteiger partial charge on any atom is 0.308 e. The lowest BCUT2D eigenvalue weighted by Crippen LogP contribution is -2.54. The second-order valence-electron chi connectivity index (χ2n) is 5.03. The largest absolute Gasteiger partial charge is 0.481 e. The summed E-state index contributed by atoms with van der Waals surface area (Å²) in [5, 5.41) is 8.96. The first-order chi connectivity index (χ1) is 7.74. The first-order valence-electron chi connectivity index (χ1n) is 5.55. The maximum atomic E-state index is 11.8. The van der Waals surface area contributed by atoms with Crippen molar-refractivity contribution in [3.63, 3.8) is 0 Å². The molecule has 3 N–H and O–H groups in total. The fourth-order valence-electron chi connectivity index (χ4n) is 2.15. The molecule has 0 saturated carbocycles. The van der Waals surface area contributed by atoms with Gasteiger partial charge in [0.05, 0.1) is 5.92 Å². The number of rotatable bonds is 4. The van der Waals surface area contributed by atoms with Crippen molar-refractivity contribution < 1.29 is 19.5 Å². The molecular formula is C11H18N2O4. The van der Waals surface area contributed by atoms with Crippen molar-refractivity contribution in [1.29, 1.82) is 0 Å². The highest BCUT2D eigenvalue weighted by molar-refractivity contribution is 5.82. The molecule has 1 unspecified atom stereocenters. The summed E-state index contributed by atoms with van der Waals surface area (Å²) in [7, 11) is 0. The number of likely N-dealkylation sites (tertiary alicyclic amines) is 1. The summed E-state index contributed by atoms with van der Waals surface area (Å²) < 4.78 is 0. The second kappa shape index (κ2) is 4.73. The van der Waals surface area contributed by atoms with Gasteiger partial charge in [0.1, 0.15) is 0 Å². The molecule has 0 aliphatic carbocycles. The van der Waals surface area contributed by atoms with Gasteiger partial charge in [0.2, 0.25) is 11.8 Å². The fraction of sp³-hybridized carbons (Fsp3) is 0.727. The Morgan fingerprint density at radius 1 is 1.53 bits per heavy atom. The molecule has 1 aliphatic rings. The van der Waals surface area contributed by atoms with Gasteiger partial charge in [-0.05, 0) is 20.3 Å². The molecule has 1 saturated heterocycles. The van der Waals surface area contributed by atoms with E-state index in [-0.39, 0.29) is 25.3 Å². The number of piperidine rings is 1. The average molecular weight is 242 g/mol. The lowest BCUT2D eigenvalue weighted by molar-refractivity contribution is -0.151. The third-order valence-electron chi connectivity index (χ3n) is 3.10. The lowest BCUT2D eigenvalue weighted by atomic mass is 9.90. The highest BCUT2D eigenvalue weighted by Crippen LogP contribution is 2.27. The molecule has 1 fully saturated rings. The number of primary amides is 1. The van der Waals surface area contributed by atoms with Gasteiger partial charge in [-0.1, -0.05) is 0 Å². The van der Waals surface area contributed by atoms with Crippen LogP contribution < -0.4 is 5.73 Å². The van der Waals surface area contributed by atoms with E-state index in [4.69, 9.17) is 10.8 Å². The monoisotopic (exact) mass is 242 g/mol. The number of hydrogen-bond acceptors (Lipinski definition) is 3. The van der Waals surface area contributed by atoms with Crippen LogP contribution in [0.5, 0.6) is 0 Å². The van der Waals surface area contributed by atoms with Crippen molar-refractivity contribution in [1.82, 2.24) is 4.90 Å². The zero-order chi connectivity index (χ0) is 13.2. The summed E-state index contributed by atoms with van der Waals surface area (Å²) in [5.41, 5.74) is 4.41. The zero-order valence-corrected chi connectivity index (χ0v) is 10.1. The lowest BCUT2D eigenvalue weighted by Gasteiger charge is -2.42. The van der Waals surface area contributed by atoms with Gasteiger partial charge < -0.3 is 15.7 Å². The molecule has 17 heavy (non-hydrogen) atoms. The molecule has 0 radical (unpaired) electrons. The van der Waals surface area contributed by atoms with Crippen LogP contribution in [0.2, 0.25) is 0 Å². The van der Waals surface area contributed by atoms with Crippen molar-refractivity contribution in [3.8, 4) is 0 Å². The molecule has 1 atom stereocenters. The molecular weight excluding hydrogens is 224 g/mol. The maximum absolute atomic E-state index is 11.8. The summed E-state index contributed by atoms with van der Waals surface area (Å²) in [4.78, 5) is 35.1. The SMILES string of the molecule is CC(C)(CC(N)=O)N1CC(C(=O)O)CCC1=O. The first kappa shape index (κ1) is 13.5. The molecule has 0 spiro atoms. The van der Waals surface area contributed by atoms with E-state index in [1.165, 1.54) is 4.90 Å². The fourth-order valence-corrected chi connectivity index (χ4v) is 2.15. The Kier molecular flexibility index (Phi) is 3.75. The van der Waals surface area contributed by atoms with Crippen LogP contribution in [-0.2, 0) is 14.4 Å². The number of hydrogen-bond donors (Lipinski definition) is 2. The van der Waals surface area contributed by atoms with Crippen LogP contribution in [0.1, 0.15) is 33.1 Å². The van der Waals surface area contributed by atoms with Gasteiger partial charge in [-0.25, -0.2) is 0 Å². The van der Waals surface area contributed by atoms with Gasteiger partial charge in [-0.15, -0.1) is 0 Å². The van der Waals surface area contributed by atoms with Crippen LogP contribution in [0.15, 0.2) is 0 Å². The van der Waals surface area contributed by atoms with Gasteiger partial charge in [-0.2, -0.15) is 0 Å². The third kappa shape index (κ3) is 3.18. The van der Waals surface area contributed by atoms with Crippen LogP contribution in [-0.4, -0.2) is 39.9 Å². The van der Waals surface area contributed by atoms with Crippen LogP contribution >= 0.6 is 0 Å². The molecule has 0 aromatic heterocycles. The molecule has 1 rings (SSSR count). The van der Waals surface area contributed by atoms with Crippen molar-refractivity contribution in [2.45, 2.75) is 38.6 Å². The molecule has 0 aromatic rings. The minimum Gasteiger partial charge on any atom is -0.481 e. The van der Waals surface area contributed by atoms with Gasteiger partial charge in [-0.3, -0.25) is 14.4 Å². The van der Waals surface area contributed by atoms with Crippen LogP contribution in [0.4, 0.5) is 0 Å². The van der Waals surface area contributed by atoms with E-state index in [0.29, 0.717) is 6.42 Å². The third-order valence-corrected chi connectivity index (χ3v) is 3.10. The number of nitrogens with two attached hydrogens (primary N) is 1. The van der Waals surface area contributed by atoms with Gasteiger partial charge >= 0.3 is 5.97 Å². The van der Waals surface area contributed by atoms with E-state index >= 15 is 0 Å². The quantitative estimate of drug-likeness (QED) is 0.722. The number of amides is 2. The van der Waals surface area contributed by atoms with Crippen molar-refractivity contribution in [3.05, 3.63) is 0 Å². The smallest absolute Gasteiger partial charge is 0.308 e. The number of nitrogens with zero attached hydrogens (tertiary/aromatic N) is 1. The van der Waals surface area contributed by atoms with Crippen molar-refractivity contribution in [2.75, 3.05) is 6.54 Å². The summed E-state index contributed by atoms with van der Waals surface area (Å²) in [5.74, 6) is -2.08. The molecule has 96 valence electrons. The molecule has 2 amide bonds. The number of aliphatic carboxylic acids is 1. The minimum absolute atomic E-state index is 0.0328. The Morgan fingerprint density at radius 3 is 2.59 bits per heavy atom. The minimum atomic E-state index is -0.905. The summed E-state index contributed by atoms with van der Waals surface area (Å²) in [6, 6.07) is 0. The summed E-state index contributed by atoms with van der Waals surface area (Å²) in [6.07, 6.45) is 0.599. The molecule has 1 heterocycles. The highest BCUT2D eigenvalue weighted by atomic mass is 16.4. The number of carbonyl (C=O) groups excluding carboxylic acids is 2. The molecule has 0 aromatic carbocycles. The van der Waals surface area contributed by atoms with Gasteiger partial charge in [0, 0.05) is 24.9 Å². The van der Waals surface area contributed by atoms with Crippen LogP contribution in [0.25, 0.3) is 0 Å². The van der Waals surface area contributed by atoms with Crippen molar-refractivity contribution in [2.24, 2.45) is 11.7 Å². The van der Waals surface area contributed by atoms with Crippen LogP contribution in [0, 0.1) is 5.92 Å². The number of carboxylic acids is 1. The van der Waals surface area contributed by atoms with Gasteiger partial charge in [0.25, 0.3) is 0 Å². The molecule has 6 nitrogen and oxygen atoms in total. The van der Waals surface area contributed by atoms with Gasteiger partial charge in [0.15, 0.2) is 0 Å². The number of carboxylic acid groups (broad SMARTS) is 1. The molecule has 6 heteroatoms. The Labute approximate surface area is 99.8 Å². The predicted molar refractivity (Wildman–Crippen MR) is 60.0 cm³/mol. The predicted octanol–water partition coefficient (Wildman–Crippen LogP) is -0.0364. The highest BCUT2D eigenvalue weighted by Gasteiger charge is 2.38. The first-order valence-corrected chi connectivity index (χ1v) is 5.55. The van der Waals surface area contributed by atoms with E-state index in [9.17, 15) is 14.4 Å². The Bertz CT molecular complexity index is 351. The standard InChI is InChI=1S/C11H18N2O4/c1-11(2,5-8(12)14)13-6-7(10(16)17)3-4-9(13)15/h7H,3-6H2,1-2H3,(H2,12,14)(H,16,17). The molecule has 1 aliphatic heterocycles. The van der Waals surface area contributed by atoms with E-state index < -0.39 is 23.3 Å². The van der Waals surface area contributed by atoms with E-state index in [2.05, 4.69) is 0 Å². The van der Waals surface area contributed by atoms with E-state index in [1.54, 1.807) is 13.8 Å². The normalized spacial score (nSPS) is 21.4. The Balaban J connectivity index is 2.82. The van der Waals surface area contributed by atoms with Crippen molar-refractivity contribution >= 4 is 17.8 Å². The topological polar surface area (TPSA) is 101 Å². The zero-order valence-electron chi connectivity index (χ0n) is 10.1. The second-order valence-corrected chi connectivity index (χ2v) is 5.03. The van der Waals surface area contributed by atoms with Crippen LogP contribution in [0.3, 0.4) is 0 Å². The Hall–Kier alpha value is -1.59. The Morgan fingerprint density at radius 2 is 2.12 bits per heavy atom. The van der Waals surface area contributed by atoms with E-state index in [1.807, 2.05) is 0 Å². The average Bonchev–Trinajstić information content (AvgIpc) is 2.15. The van der Waals surface area contributed by atoms with E-state index in [0.717, 1.165) is 0 Å². The summed E-state index contributed by atoms with van der Waals surface area (Å²) >= 11 is 0. The summed E-state index contributed by atoms with van der Waals surface area (Å²) in [6.45, 7) is 3.59. The molecule has 0 bridgehead atoms.